The van der Waals surface area contributed by atoms with Gasteiger partial charge in [0.25, 0.3) is 0 Å². The van der Waals surface area contributed by atoms with Gasteiger partial charge in [-0.25, -0.2) is 19.6 Å². The standard InChI is InChI=1S/C14H10N2O2.C7H6BrNO2/c1-10-12(14(17)18)6-8-16-13(10)5-4-11-3-2-7-15-9-11;1-11-7(10)5-2-3-9-6(8)4-5/h2-3,6-9H,1H3,(H,17,18);2-4H,1H3. The Balaban J connectivity index is 0.000000234. The van der Waals surface area contributed by atoms with Crippen LogP contribution >= 0.6 is 15.9 Å². The number of carboxylic acids is 1. The maximum Gasteiger partial charge on any atom is 0.337 e. The quantitative estimate of drug-likeness (QED) is 0.359. The summed E-state index contributed by atoms with van der Waals surface area (Å²) in [5.41, 5.74) is 2.52. The summed E-state index contributed by atoms with van der Waals surface area (Å²) in [6.07, 6.45) is 6.29. The first kappa shape index (κ1) is 21.7. The average Bonchev–Trinajstić information content (AvgIpc) is 2.73. The van der Waals surface area contributed by atoms with Gasteiger partial charge in [-0.2, -0.15) is 0 Å². The van der Waals surface area contributed by atoms with Gasteiger partial charge in [0.05, 0.1) is 18.2 Å². The molecule has 0 aliphatic rings. The summed E-state index contributed by atoms with van der Waals surface area (Å²) in [4.78, 5) is 33.7. The highest BCUT2D eigenvalue weighted by molar-refractivity contribution is 9.10. The van der Waals surface area contributed by atoms with E-state index in [-0.39, 0.29) is 11.5 Å². The molecule has 0 spiro atoms. The van der Waals surface area contributed by atoms with Gasteiger partial charge in [0.1, 0.15) is 10.3 Å². The molecule has 1 N–H and O–H groups in total. The van der Waals surface area contributed by atoms with Gasteiger partial charge in [0.2, 0.25) is 0 Å². The van der Waals surface area contributed by atoms with Crippen LogP contribution in [0, 0.1) is 18.8 Å². The van der Waals surface area contributed by atoms with E-state index >= 15 is 0 Å². The minimum atomic E-state index is -0.973. The number of carboxylic acid groups (broad SMARTS) is 1. The van der Waals surface area contributed by atoms with E-state index < -0.39 is 5.97 Å². The summed E-state index contributed by atoms with van der Waals surface area (Å²) in [5, 5.41) is 8.99. The molecule has 0 amide bonds. The van der Waals surface area contributed by atoms with Crippen LogP contribution in [0.3, 0.4) is 0 Å². The molecule has 0 bridgehead atoms. The highest BCUT2D eigenvalue weighted by Gasteiger charge is 2.09. The van der Waals surface area contributed by atoms with Crippen LogP contribution in [-0.2, 0) is 4.74 Å². The molecule has 0 radical (unpaired) electrons. The number of aromatic carboxylic acids is 1. The summed E-state index contributed by atoms with van der Waals surface area (Å²) >= 11 is 3.14. The zero-order chi connectivity index (χ0) is 21.2. The maximum absolute atomic E-state index is 11.0. The molecule has 0 atom stereocenters. The first-order chi connectivity index (χ1) is 13.9. The number of rotatable bonds is 2. The summed E-state index contributed by atoms with van der Waals surface area (Å²) in [6, 6.07) is 8.28. The normalized spacial score (nSPS) is 9.34. The van der Waals surface area contributed by atoms with Crippen molar-refractivity contribution in [3.05, 3.63) is 87.7 Å². The van der Waals surface area contributed by atoms with Crippen molar-refractivity contribution in [3.63, 3.8) is 0 Å². The Hall–Kier alpha value is -3.57. The number of halogens is 1. The second-order valence-corrected chi connectivity index (χ2v) is 6.30. The molecular weight excluding hydrogens is 438 g/mol. The molecule has 3 rings (SSSR count). The number of nitrogens with zero attached hydrogens (tertiary/aromatic N) is 3. The molecule has 29 heavy (non-hydrogen) atoms. The van der Waals surface area contributed by atoms with E-state index in [0.717, 1.165) is 5.56 Å². The van der Waals surface area contributed by atoms with Crippen LogP contribution in [0.2, 0.25) is 0 Å². The molecule has 0 aromatic carbocycles. The summed E-state index contributed by atoms with van der Waals surface area (Å²) in [6.45, 7) is 1.70. The molecule has 3 aromatic rings. The Morgan fingerprint density at radius 2 is 1.86 bits per heavy atom. The third-order valence-electron chi connectivity index (χ3n) is 3.57. The minimum absolute atomic E-state index is 0.223. The molecule has 0 saturated carbocycles. The van der Waals surface area contributed by atoms with Crippen molar-refractivity contribution >= 4 is 27.9 Å². The second kappa shape index (κ2) is 10.7. The van der Waals surface area contributed by atoms with Gasteiger partial charge < -0.3 is 9.84 Å². The molecular formula is C21H16BrN3O4. The Morgan fingerprint density at radius 1 is 1.10 bits per heavy atom. The van der Waals surface area contributed by atoms with Crippen molar-refractivity contribution in [2.45, 2.75) is 6.92 Å². The highest BCUT2D eigenvalue weighted by Crippen LogP contribution is 2.10. The maximum atomic E-state index is 11.0. The van der Waals surface area contributed by atoms with E-state index in [1.807, 2.05) is 6.07 Å². The van der Waals surface area contributed by atoms with Crippen LogP contribution in [0.25, 0.3) is 0 Å². The van der Waals surface area contributed by atoms with Crippen molar-refractivity contribution in [1.29, 1.82) is 0 Å². The summed E-state index contributed by atoms with van der Waals surface area (Å²) in [5.74, 6) is 4.43. The minimum Gasteiger partial charge on any atom is -0.478 e. The zero-order valence-electron chi connectivity index (χ0n) is 15.6. The molecule has 0 unspecified atom stereocenters. The number of aromatic nitrogens is 3. The lowest BCUT2D eigenvalue weighted by Crippen LogP contribution is -2.02. The number of carbonyl (C=O) groups excluding carboxylic acids is 1. The molecule has 3 aromatic heterocycles. The lowest BCUT2D eigenvalue weighted by Gasteiger charge is -2.01. The van der Waals surface area contributed by atoms with Crippen molar-refractivity contribution in [2.75, 3.05) is 7.11 Å². The fourth-order valence-corrected chi connectivity index (χ4v) is 2.47. The van der Waals surface area contributed by atoms with E-state index in [1.54, 1.807) is 37.5 Å². The molecule has 0 saturated heterocycles. The van der Waals surface area contributed by atoms with Crippen LogP contribution in [0.4, 0.5) is 0 Å². The van der Waals surface area contributed by atoms with Gasteiger partial charge >= 0.3 is 11.9 Å². The molecule has 0 fully saturated rings. The number of pyridine rings is 3. The fraction of sp³-hybridized carbons (Fsp3) is 0.0952. The van der Waals surface area contributed by atoms with Gasteiger partial charge in [-0.05, 0) is 64.7 Å². The van der Waals surface area contributed by atoms with Crippen LogP contribution in [0.15, 0.2) is 59.7 Å². The SMILES string of the molecule is COC(=O)c1ccnc(Br)c1.Cc1c(C(=O)O)ccnc1C#Cc1cccnc1. The topological polar surface area (TPSA) is 102 Å². The number of ether oxygens (including phenoxy) is 1. The van der Waals surface area contributed by atoms with E-state index in [2.05, 4.69) is 47.5 Å². The fourth-order valence-electron chi connectivity index (χ4n) is 2.11. The number of hydrogen-bond donors (Lipinski definition) is 1. The summed E-state index contributed by atoms with van der Waals surface area (Å²) in [7, 11) is 1.34. The van der Waals surface area contributed by atoms with Gasteiger partial charge in [0, 0.05) is 30.4 Å². The molecule has 0 aliphatic carbocycles. The van der Waals surface area contributed by atoms with Crippen LogP contribution in [-0.4, -0.2) is 39.1 Å². The molecule has 8 heteroatoms. The largest absolute Gasteiger partial charge is 0.478 e. The van der Waals surface area contributed by atoms with Crippen LogP contribution in [0.1, 0.15) is 37.5 Å². The van der Waals surface area contributed by atoms with Gasteiger partial charge in [-0.3, -0.25) is 4.98 Å². The third-order valence-corrected chi connectivity index (χ3v) is 4.00. The molecule has 146 valence electrons. The molecule has 7 nitrogen and oxygen atoms in total. The Bertz CT molecular complexity index is 1080. The van der Waals surface area contributed by atoms with Gasteiger partial charge in [0.15, 0.2) is 0 Å². The number of methoxy groups -OCH3 is 1. The number of carbonyl (C=O) groups is 2. The Labute approximate surface area is 175 Å². The number of hydrogen-bond acceptors (Lipinski definition) is 6. The first-order valence-electron chi connectivity index (χ1n) is 8.23. The Kier molecular flexibility index (Phi) is 8.00. The van der Waals surface area contributed by atoms with E-state index in [4.69, 9.17) is 5.11 Å². The lowest BCUT2D eigenvalue weighted by molar-refractivity contribution is 0.0599. The third kappa shape index (κ3) is 6.52. The predicted octanol–water partition coefficient (Wildman–Crippen LogP) is 3.51. The highest BCUT2D eigenvalue weighted by atomic mass is 79.9. The molecule has 3 heterocycles. The van der Waals surface area contributed by atoms with Crippen LogP contribution in [0.5, 0.6) is 0 Å². The van der Waals surface area contributed by atoms with E-state index in [1.165, 1.54) is 25.6 Å². The van der Waals surface area contributed by atoms with E-state index in [9.17, 15) is 9.59 Å². The molecule has 0 aliphatic heterocycles. The first-order valence-corrected chi connectivity index (χ1v) is 9.02. The predicted molar refractivity (Wildman–Crippen MR) is 109 cm³/mol. The van der Waals surface area contributed by atoms with Gasteiger partial charge in [-0.1, -0.05) is 5.92 Å². The van der Waals surface area contributed by atoms with Crippen molar-refractivity contribution in [1.82, 2.24) is 15.0 Å². The lowest BCUT2D eigenvalue weighted by atomic mass is 10.1. The van der Waals surface area contributed by atoms with Crippen LogP contribution < -0.4 is 0 Å². The Morgan fingerprint density at radius 3 is 2.48 bits per heavy atom. The summed E-state index contributed by atoms with van der Waals surface area (Å²) < 4.78 is 5.13. The van der Waals surface area contributed by atoms with Gasteiger partial charge in [-0.15, -0.1) is 0 Å². The monoisotopic (exact) mass is 453 g/mol. The van der Waals surface area contributed by atoms with Crippen molar-refractivity contribution in [2.24, 2.45) is 0 Å². The smallest absolute Gasteiger partial charge is 0.337 e. The van der Waals surface area contributed by atoms with Crippen molar-refractivity contribution in [3.8, 4) is 11.8 Å². The second-order valence-electron chi connectivity index (χ2n) is 5.49. The van der Waals surface area contributed by atoms with E-state index in [0.29, 0.717) is 21.4 Å². The zero-order valence-corrected chi connectivity index (χ0v) is 17.2. The number of esters is 1. The average molecular weight is 454 g/mol. The van der Waals surface area contributed by atoms with Crippen molar-refractivity contribution < 1.29 is 19.4 Å².